The molecule has 0 aliphatic carbocycles. The van der Waals surface area contributed by atoms with Gasteiger partial charge in [0, 0.05) is 25.7 Å². The number of nitrogens with one attached hydrogen (secondary N) is 1. The van der Waals surface area contributed by atoms with Crippen LogP contribution in [0, 0.1) is 0 Å². The van der Waals surface area contributed by atoms with E-state index < -0.39 is 12.8 Å². The second kappa shape index (κ2) is 6.42. The van der Waals surface area contributed by atoms with Crippen LogP contribution in [0.5, 0.6) is 0 Å². The number of hydrogen-bond acceptors (Lipinski definition) is 3. The van der Waals surface area contributed by atoms with E-state index in [-0.39, 0.29) is 6.61 Å². The van der Waals surface area contributed by atoms with Gasteiger partial charge in [-0.2, -0.15) is 13.2 Å². The number of ether oxygens (including phenoxy) is 1. The Bertz CT molecular complexity index is 195. The van der Waals surface area contributed by atoms with Gasteiger partial charge in [-0.25, -0.2) is 0 Å². The lowest BCUT2D eigenvalue weighted by Crippen LogP contribution is -2.58. The van der Waals surface area contributed by atoms with Crippen molar-refractivity contribution in [3.05, 3.63) is 0 Å². The van der Waals surface area contributed by atoms with Crippen LogP contribution in [0.1, 0.15) is 13.3 Å². The third-order valence-corrected chi connectivity index (χ3v) is 2.58. The molecule has 0 amide bonds. The van der Waals surface area contributed by atoms with E-state index in [2.05, 4.69) is 21.9 Å². The summed E-state index contributed by atoms with van der Waals surface area (Å²) in [7, 11) is 0. The third-order valence-electron chi connectivity index (χ3n) is 2.58. The smallest absolute Gasteiger partial charge is 0.371 e. The van der Waals surface area contributed by atoms with Crippen molar-refractivity contribution in [1.29, 1.82) is 0 Å². The Morgan fingerprint density at radius 3 is 2.44 bits per heavy atom. The second-order valence-corrected chi connectivity index (χ2v) is 4.02. The van der Waals surface area contributed by atoms with Crippen LogP contribution in [-0.2, 0) is 4.74 Å². The van der Waals surface area contributed by atoms with Crippen molar-refractivity contribution >= 4 is 0 Å². The van der Waals surface area contributed by atoms with E-state index in [1.165, 1.54) is 0 Å². The molecule has 1 aliphatic rings. The molecule has 0 saturated carbocycles. The van der Waals surface area contributed by atoms with Gasteiger partial charge in [-0.1, -0.05) is 6.92 Å². The summed E-state index contributed by atoms with van der Waals surface area (Å²) in [5, 5.41) is 3.15. The Morgan fingerprint density at radius 2 is 2.00 bits per heavy atom. The van der Waals surface area contributed by atoms with Crippen LogP contribution in [0.4, 0.5) is 13.2 Å². The maximum absolute atomic E-state index is 11.8. The Balaban J connectivity index is 2.12. The van der Waals surface area contributed by atoms with Gasteiger partial charge in [-0.05, 0) is 13.0 Å². The van der Waals surface area contributed by atoms with Crippen LogP contribution in [0.15, 0.2) is 0 Å². The van der Waals surface area contributed by atoms with E-state index in [4.69, 9.17) is 0 Å². The summed E-state index contributed by atoms with van der Waals surface area (Å²) in [6.45, 7) is 4.43. The number of rotatable bonds is 7. The van der Waals surface area contributed by atoms with Crippen LogP contribution in [0.25, 0.3) is 0 Å². The Morgan fingerprint density at radius 1 is 1.31 bits per heavy atom. The highest BCUT2D eigenvalue weighted by molar-refractivity contribution is 4.84. The van der Waals surface area contributed by atoms with Crippen molar-refractivity contribution in [2.75, 3.05) is 39.4 Å². The van der Waals surface area contributed by atoms with E-state index in [0.717, 1.165) is 26.1 Å². The Kier molecular flexibility index (Phi) is 5.51. The summed E-state index contributed by atoms with van der Waals surface area (Å²) in [4.78, 5) is 2.19. The van der Waals surface area contributed by atoms with E-state index in [1.807, 2.05) is 0 Å². The number of halogens is 3. The molecule has 0 atom stereocenters. The summed E-state index contributed by atoms with van der Waals surface area (Å²) in [6, 6.07) is 0.467. The first-order valence-corrected chi connectivity index (χ1v) is 5.62. The molecular weight excluding hydrogens is 221 g/mol. The van der Waals surface area contributed by atoms with Gasteiger partial charge < -0.3 is 10.1 Å². The van der Waals surface area contributed by atoms with Crippen molar-refractivity contribution in [3.8, 4) is 0 Å². The Hall–Kier alpha value is -0.330. The Labute approximate surface area is 93.9 Å². The molecule has 3 nitrogen and oxygen atoms in total. The fraction of sp³-hybridized carbons (Fsp3) is 1.00. The normalized spacial score (nSPS) is 17.8. The molecule has 1 heterocycles. The lowest BCUT2D eigenvalue weighted by atomic mass is 10.1. The van der Waals surface area contributed by atoms with Crippen molar-refractivity contribution in [1.82, 2.24) is 10.2 Å². The predicted octanol–water partition coefficient (Wildman–Crippen LogP) is 1.25. The van der Waals surface area contributed by atoms with Gasteiger partial charge in [0.05, 0.1) is 6.61 Å². The van der Waals surface area contributed by atoms with E-state index in [9.17, 15) is 13.2 Å². The van der Waals surface area contributed by atoms with Crippen molar-refractivity contribution < 1.29 is 17.9 Å². The fourth-order valence-electron chi connectivity index (χ4n) is 1.67. The van der Waals surface area contributed by atoms with Crippen LogP contribution >= 0.6 is 0 Å². The van der Waals surface area contributed by atoms with Gasteiger partial charge in [0.25, 0.3) is 0 Å². The van der Waals surface area contributed by atoms with E-state index in [0.29, 0.717) is 12.6 Å². The van der Waals surface area contributed by atoms with Gasteiger partial charge in [0.15, 0.2) is 0 Å². The number of hydrogen-bond donors (Lipinski definition) is 1. The third kappa shape index (κ3) is 5.14. The monoisotopic (exact) mass is 240 g/mol. The molecule has 0 radical (unpaired) electrons. The molecule has 0 bridgehead atoms. The van der Waals surface area contributed by atoms with Gasteiger partial charge in [0.1, 0.15) is 6.61 Å². The quantitative estimate of drug-likeness (QED) is 0.678. The summed E-state index contributed by atoms with van der Waals surface area (Å²) >= 11 is 0. The first-order chi connectivity index (χ1) is 7.53. The van der Waals surface area contributed by atoms with Gasteiger partial charge >= 0.3 is 6.18 Å². The molecule has 1 rings (SSSR count). The molecule has 1 saturated heterocycles. The zero-order valence-electron chi connectivity index (χ0n) is 9.52. The molecule has 0 aromatic carbocycles. The zero-order valence-corrected chi connectivity index (χ0v) is 9.52. The van der Waals surface area contributed by atoms with Gasteiger partial charge in [-0.3, -0.25) is 4.90 Å². The lowest BCUT2D eigenvalue weighted by molar-refractivity contribution is -0.175. The molecular formula is C10H19F3N2O. The molecule has 16 heavy (non-hydrogen) atoms. The minimum atomic E-state index is -4.21. The zero-order chi connectivity index (χ0) is 12.0. The highest BCUT2D eigenvalue weighted by atomic mass is 19.4. The highest BCUT2D eigenvalue weighted by Gasteiger charge is 2.28. The van der Waals surface area contributed by atoms with E-state index in [1.54, 1.807) is 0 Å². The standard InChI is InChI=1S/C10H19F3N2O/c1-2-3-15(9-6-14-7-9)4-5-16-8-10(11,12)13/h9,14H,2-8H2,1H3. The maximum atomic E-state index is 11.8. The molecule has 0 aromatic rings. The average Bonchev–Trinajstić information content (AvgIpc) is 2.08. The van der Waals surface area contributed by atoms with Crippen LogP contribution < -0.4 is 5.32 Å². The molecule has 6 heteroatoms. The minimum Gasteiger partial charge on any atom is -0.371 e. The molecule has 0 unspecified atom stereocenters. The lowest BCUT2D eigenvalue weighted by Gasteiger charge is -2.38. The van der Waals surface area contributed by atoms with Crippen molar-refractivity contribution in [2.45, 2.75) is 25.6 Å². The maximum Gasteiger partial charge on any atom is 0.411 e. The SMILES string of the molecule is CCCN(CCOCC(F)(F)F)C1CNC1. The summed E-state index contributed by atoms with van der Waals surface area (Å²) in [6.07, 6.45) is -3.20. The van der Waals surface area contributed by atoms with Gasteiger partial charge in [0.2, 0.25) is 0 Å². The number of nitrogens with zero attached hydrogens (tertiary/aromatic N) is 1. The largest absolute Gasteiger partial charge is 0.411 e. The van der Waals surface area contributed by atoms with Crippen molar-refractivity contribution in [2.24, 2.45) is 0 Å². The predicted molar refractivity (Wildman–Crippen MR) is 55.4 cm³/mol. The van der Waals surface area contributed by atoms with E-state index >= 15 is 0 Å². The topological polar surface area (TPSA) is 24.5 Å². The fourth-order valence-corrected chi connectivity index (χ4v) is 1.67. The molecule has 96 valence electrons. The molecule has 1 N–H and O–H groups in total. The van der Waals surface area contributed by atoms with Crippen LogP contribution in [0.3, 0.4) is 0 Å². The first kappa shape index (κ1) is 13.7. The minimum absolute atomic E-state index is 0.149. The summed E-state index contributed by atoms with van der Waals surface area (Å²) in [5.41, 5.74) is 0. The molecule has 1 fully saturated rings. The second-order valence-electron chi connectivity index (χ2n) is 4.02. The first-order valence-electron chi connectivity index (χ1n) is 5.62. The molecule has 0 aromatic heterocycles. The number of alkyl halides is 3. The van der Waals surface area contributed by atoms with Gasteiger partial charge in [-0.15, -0.1) is 0 Å². The molecule has 1 aliphatic heterocycles. The van der Waals surface area contributed by atoms with Crippen molar-refractivity contribution in [3.63, 3.8) is 0 Å². The average molecular weight is 240 g/mol. The van der Waals surface area contributed by atoms with Crippen LogP contribution in [0.2, 0.25) is 0 Å². The highest BCUT2D eigenvalue weighted by Crippen LogP contribution is 2.14. The van der Waals surface area contributed by atoms with Crippen LogP contribution in [-0.4, -0.2) is 56.5 Å². The molecule has 0 spiro atoms. The summed E-state index contributed by atoms with van der Waals surface area (Å²) < 4.78 is 40.1. The summed E-state index contributed by atoms with van der Waals surface area (Å²) in [5.74, 6) is 0.